The van der Waals surface area contributed by atoms with Crippen LogP contribution < -0.4 is 0 Å². The smallest absolute Gasteiger partial charge is 0.335 e. The van der Waals surface area contributed by atoms with E-state index >= 15 is 0 Å². The first-order valence-corrected chi connectivity index (χ1v) is 5.17. The minimum absolute atomic E-state index is 0.0878. The summed E-state index contributed by atoms with van der Waals surface area (Å²) in [6, 6.07) is 6.40. The lowest BCUT2D eigenvalue weighted by Gasteiger charge is -1.95. The van der Waals surface area contributed by atoms with E-state index in [1.165, 1.54) is 18.2 Å². The summed E-state index contributed by atoms with van der Waals surface area (Å²) in [7, 11) is 0. The summed E-state index contributed by atoms with van der Waals surface area (Å²) >= 11 is 0. The van der Waals surface area contributed by atoms with Crippen molar-refractivity contribution in [3.63, 3.8) is 0 Å². The maximum atomic E-state index is 11.2. The van der Waals surface area contributed by atoms with Crippen molar-refractivity contribution in [3.8, 4) is 0 Å². The highest BCUT2D eigenvalue weighted by Gasteiger charge is 2.00. The van der Waals surface area contributed by atoms with Crippen molar-refractivity contribution >= 4 is 17.8 Å². The lowest BCUT2D eigenvalue weighted by atomic mass is 10.1. The Labute approximate surface area is 94.4 Å². The molecule has 1 N–H and O–H groups in total. The van der Waals surface area contributed by atoms with Crippen LogP contribution in [0.25, 0.3) is 6.08 Å². The first kappa shape index (κ1) is 12.2. The molecule has 0 spiro atoms. The number of benzene rings is 1. The lowest BCUT2D eigenvalue weighted by molar-refractivity contribution is -0.114. The third-order valence-electron chi connectivity index (χ3n) is 2.12. The number of hydrogen-bond donors (Lipinski definition) is 1. The van der Waals surface area contributed by atoms with Crippen LogP contribution in [0.1, 0.15) is 35.7 Å². The minimum atomic E-state index is -0.947. The number of carboxylic acid groups (broad SMARTS) is 1. The fourth-order valence-electron chi connectivity index (χ4n) is 1.26. The van der Waals surface area contributed by atoms with Crippen molar-refractivity contribution < 1.29 is 14.7 Å². The molecule has 1 aromatic carbocycles. The Kier molecular flexibility index (Phi) is 4.45. The molecule has 84 valence electrons. The highest BCUT2D eigenvalue weighted by molar-refractivity contribution is 5.93. The molecule has 0 radical (unpaired) electrons. The van der Waals surface area contributed by atoms with Crippen molar-refractivity contribution in [3.05, 3.63) is 41.5 Å². The lowest BCUT2D eigenvalue weighted by Crippen LogP contribution is -1.95. The van der Waals surface area contributed by atoms with Crippen LogP contribution in [0.15, 0.2) is 30.3 Å². The maximum absolute atomic E-state index is 11.2. The van der Waals surface area contributed by atoms with Crippen molar-refractivity contribution in [2.45, 2.75) is 19.8 Å². The number of rotatable bonds is 5. The molecule has 3 nitrogen and oxygen atoms in total. The molecule has 3 heteroatoms. The molecule has 0 amide bonds. The molecule has 0 atom stereocenters. The van der Waals surface area contributed by atoms with Gasteiger partial charge in [-0.25, -0.2) is 4.79 Å². The van der Waals surface area contributed by atoms with E-state index in [0.717, 1.165) is 12.0 Å². The van der Waals surface area contributed by atoms with E-state index in [0.29, 0.717) is 6.42 Å². The Morgan fingerprint density at radius 2 is 1.88 bits per heavy atom. The average Bonchev–Trinajstić information content (AvgIpc) is 2.27. The Morgan fingerprint density at radius 1 is 1.25 bits per heavy atom. The molecule has 0 aliphatic carbocycles. The van der Waals surface area contributed by atoms with Crippen LogP contribution in [0.2, 0.25) is 0 Å². The quantitative estimate of drug-likeness (QED) is 0.773. The van der Waals surface area contributed by atoms with Crippen LogP contribution in [0, 0.1) is 0 Å². The first-order valence-electron chi connectivity index (χ1n) is 5.17. The number of carboxylic acids is 1. The van der Waals surface area contributed by atoms with Crippen molar-refractivity contribution in [2.24, 2.45) is 0 Å². The van der Waals surface area contributed by atoms with Crippen molar-refractivity contribution in [1.29, 1.82) is 0 Å². The van der Waals surface area contributed by atoms with Gasteiger partial charge >= 0.3 is 5.97 Å². The Bertz CT molecular complexity index is 402. The van der Waals surface area contributed by atoms with Gasteiger partial charge in [0.15, 0.2) is 5.78 Å². The van der Waals surface area contributed by atoms with Gasteiger partial charge in [0.2, 0.25) is 0 Å². The Hall–Kier alpha value is -1.90. The fraction of sp³-hybridized carbons (Fsp3) is 0.231. The fourth-order valence-corrected chi connectivity index (χ4v) is 1.26. The zero-order valence-electron chi connectivity index (χ0n) is 9.14. The molecule has 1 aromatic rings. The number of ketones is 1. The molecular formula is C13H14O3. The molecule has 0 fully saturated rings. The standard InChI is InChI=1S/C13H14O3/c1-2-3-12(14)9-6-10-4-7-11(8-5-10)13(15)16/h4-9H,2-3H2,1H3,(H,15,16)/b9-6+. The molecule has 0 saturated heterocycles. The van der Waals surface area contributed by atoms with E-state index in [9.17, 15) is 9.59 Å². The molecule has 0 saturated carbocycles. The van der Waals surface area contributed by atoms with Gasteiger partial charge in [0, 0.05) is 6.42 Å². The van der Waals surface area contributed by atoms with Gasteiger partial charge in [-0.3, -0.25) is 4.79 Å². The second-order valence-electron chi connectivity index (χ2n) is 3.48. The Balaban J connectivity index is 2.68. The summed E-state index contributed by atoms with van der Waals surface area (Å²) in [5, 5.41) is 8.69. The zero-order valence-corrected chi connectivity index (χ0v) is 9.14. The topological polar surface area (TPSA) is 54.4 Å². The predicted molar refractivity (Wildman–Crippen MR) is 62.4 cm³/mol. The Morgan fingerprint density at radius 3 is 2.38 bits per heavy atom. The van der Waals surface area contributed by atoms with Gasteiger partial charge in [-0.15, -0.1) is 0 Å². The SMILES string of the molecule is CCCC(=O)/C=C/c1ccc(C(=O)O)cc1. The van der Waals surface area contributed by atoms with Crippen LogP contribution >= 0.6 is 0 Å². The van der Waals surface area contributed by atoms with Gasteiger partial charge in [0.1, 0.15) is 0 Å². The average molecular weight is 218 g/mol. The van der Waals surface area contributed by atoms with Gasteiger partial charge in [-0.05, 0) is 30.2 Å². The third kappa shape index (κ3) is 3.69. The van der Waals surface area contributed by atoms with Gasteiger partial charge in [-0.1, -0.05) is 25.1 Å². The molecule has 0 aromatic heterocycles. The second-order valence-corrected chi connectivity index (χ2v) is 3.48. The summed E-state index contributed by atoms with van der Waals surface area (Å²) in [6.45, 7) is 1.95. The summed E-state index contributed by atoms with van der Waals surface area (Å²) in [4.78, 5) is 21.8. The van der Waals surface area contributed by atoms with Crippen molar-refractivity contribution in [2.75, 3.05) is 0 Å². The summed E-state index contributed by atoms with van der Waals surface area (Å²) < 4.78 is 0. The van der Waals surface area contributed by atoms with Crippen LogP contribution in [-0.4, -0.2) is 16.9 Å². The van der Waals surface area contributed by atoms with E-state index in [4.69, 9.17) is 5.11 Å². The van der Waals surface area contributed by atoms with Crippen LogP contribution in [-0.2, 0) is 4.79 Å². The molecule has 1 rings (SSSR count). The molecule has 0 heterocycles. The normalized spacial score (nSPS) is 10.6. The molecule has 0 aliphatic heterocycles. The second kappa shape index (κ2) is 5.85. The maximum Gasteiger partial charge on any atom is 0.335 e. The molecule has 0 unspecified atom stereocenters. The van der Waals surface area contributed by atoms with Crippen LogP contribution in [0.3, 0.4) is 0 Å². The number of carbonyl (C=O) groups excluding carboxylic acids is 1. The number of hydrogen-bond acceptors (Lipinski definition) is 2. The number of aromatic carboxylic acids is 1. The van der Waals surface area contributed by atoms with Crippen molar-refractivity contribution in [1.82, 2.24) is 0 Å². The van der Waals surface area contributed by atoms with Gasteiger partial charge in [0.25, 0.3) is 0 Å². The molecule has 16 heavy (non-hydrogen) atoms. The molecule has 0 aliphatic rings. The minimum Gasteiger partial charge on any atom is -0.478 e. The number of allylic oxidation sites excluding steroid dienone is 1. The van der Waals surface area contributed by atoms with Gasteiger partial charge in [0.05, 0.1) is 5.56 Å². The zero-order chi connectivity index (χ0) is 12.0. The van der Waals surface area contributed by atoms with E-state index in [-0.39, 0.29) is 11.3 Å². The monoisotopic (exact) mass is 218 g/mol. The van der Waals surface area contributed by atoms with Gasteiger partial charge < -0.3 is 5.11 Å². The highest BCUT2D eigenvalue weighted by atomic mass is 16.4. The van der Waals surface area contributed by atoms with Crippen LogP contribution in [0.4, 0.5) is 0 Å². The van der Waals surface area contributed by atoms with E-state index in [1.807, 2.05) is 6.92 Å². The van der Waals surface area contributed by atoms with Gasteiger partial charge in [-0.2, -0.15) is 0 Å². The summed E-state index contributed by atoms with van der Waals surface area (Å²) in [6.07, 6.45) is 4.60. The third-order valence-corrected chi connectivity index (χ3v) is 2.12. The van der Waals surface area contributed by atoms with E-state index in [2.05, 4.69) is 0 Å². The predicted octanol–water partition coefficient (Wildman–Crippen LogP) is 2.77. The molecular weight excluding hydrogens is 204 g/mol. The number of carbonyl (C=O) groups is 2. The van der Waals surface area contributed by atoms with Crippen LogP contribution in [0.5, 0.6) is 0 Å². The summed E-state index contributed by atoms with van der Waals surface area (Å²) in [5.74, 6) is -0.859. The molecule has 0 bridgehead atoms. The van der Waals surface area contributed by atoms with E-state index in [1.54, 1.807) is 18.2 Å². The summed E-state index contributed by atoms with van der Waals surface area (Å²) in [5.41, 5.74) is 1.08. The highest BCUT2D eigenvalue weighted by Crippen LogP contribution is 2.06. The van der Waals surface area contributed by atoms with E-state index < -0.39 is 5.97 Å². The largest absolute Gasteiger partial charge is 0.478 e. The first-order chi connectivity index (χ1) is 7.63.